The largest absolute Gasteiger partial charge is 0.417 e. The molecule has 0 aromatic rings. The molecule has 0 aromatic heterocycles. The summed E-state index contributed by atoms with van der Waals surface area (Å²) in [6.45, 7) is 15.8. The molecule has 1 heterocycles. The Hall–Kier alpha value is 0.137. The van der Waals surface area contributed by atoms with Crippen molar-refractivity contribution in [2.24, 2.45) is 5.92 Å². The fourth-order valence-electron chi connectivity index (χ4n) is 2.31. The first-order valence-electron chi connectivity index (χ1n) is 5.56. The third kappa shape index (κ3) is 1.55. The van der Waals surface area contributed by atoms with Gasteiger partial charge in [-0.05, 0) is 5.92 Å². The van der Waals surface area contributed by atoms with Crippen LogP contribution in [0.3, 0.4) is 0 Å². The molecule has 1 atom stereocenters. The highest BCUT2D eigenvalue weighted by molar-refractivity contribution is 6.78. The molecule has 0 saturated carbocycles. The summed E-state index contributed by atoms with van der Waals surface area (Å²) in [5, 5.41) is 0.361. The van der Waals surface area contributed by atoms with Crippen LogP contribution in [-0.4, -0.2) is 8.56 Å². The van der Waals surface area contributed by atoms with Crippen LogP contribution < -0.4 is 0 Å². The molecule has 0 aliphatic carbocycles. The van der Waals surface area contributed by atoms with E-state index in [-0.39, 0.29) is 10.1 Å². The Morgan fingerprint density at radius 1 is 1.07 bits per heavy atom. The predicted molar refractivity (Wildman–Crippen MR) is 61.1 cm³/mol. The van der Waals surface area contributed by atoms with E-state index in [2.05, 4.69) is 48.5 Å². The smallest absolute Gasteiger partial charge is 0.255 e. The van der Waals surface area contributed by atoms with Gasteiger partial charge in [-0.1, -0.05) is 54.9 Å². The summed E-state index contributed by atoms with van der Waals surface area (Å²) in [5.74, 6) is 0.649. The minimum absolute atomic E-state index is 0.167. The Balaban J connectivity index is 2.92. The topological polar surface area (TPSA) is 25.1 Å². The van der Waals surface area contributed by atoms with E-state index in [9.17, 15) is 0 Å². The normalized spacial score (nSPS) is 23.4. The second kappa shape index (κ2) is 3.32. The molecule has 0 spiro atoms. The summed E-state index contributed by atoms with van der Waals surface area (Å²) >= 11 is 0. The van der Waals surface area contributed by atoms with E-state index in [0.29, 0.717) is 5.92 Å². The lowest BCUT2D eigenvalue weighted by molar-refractivity contribution is 0.0850. The van der Waals surface area contributed by atoms with E-state index in [1.165, 1.54) is 6.42 Å². The van der Waals surface area contributed by atoms with E-state index in [1.807, 2.05) is 0 Å². The van der Waals surface area contributed by atoms with Crippen molar-refractivity contribution < 1.29 is 9.15 Å². The molecule has 0 radical (unpaired) electrons. The Bertz CT molecular complexity index is 214. The van der Waals surface area contributed by atoms with Gasteiger partial charge in [0.05, 0.1) is 0 Å². The molecule has 1 fully saturated rings. The van der Waals surface area contributed by atoms with E-state index < -0.39 is 8.56 Å². The number of hydrogen-bond donors (Lipinski definition) is 0. The van der Waals surface area contributed by atoms with Crippen LogP contribution in [0.1, 0.15) is 54.9 Å². The molecule has 2 nitrogen and oxygen atoms in total. The molecular formula is C11H24O2Si. The Morgan fingerprint density at radius 3 is 1.71 bits per heavy atom. The molecule has 0 aromatic carbocycles. The van der Waals surface area contributed by atoms with E-state index in [4.69, 9.17) is 9.15 Å². The van der Waals surface area contributed by atoms with Crippen molar-refractivity contribution in [2.75, 3.05) is 0 Å². The zero-order valence-electron chi connectivity index (χ0n) is 10.6. The minimum Gasteiger partial charge on any atom is -0.255 e. The molecule has 1 rings (SSSR count). The maximum atomic E-state index is 5.49. The van der Waals surface area contributed by atoms with Crippen LogP contribution in [0.25, 0.3) is 0 Å². The highest BCUT2D eigenvalue weighted by Gasteiger charge is 2.73. The fraction of sp³-hybridized carbons (Fsp3) is 1.00. The van der Waals surface area contributed by atoms with Crippen LogP contribution in [0, 0.1) is 5.92 Å². The van der Waals surface area contributed by atoms with Gasteiger partial charge in [0.25, 0.3) is 0 Å². The average molecular weight is 216 g/mol. The zero-order valence-corrected chi connectivity index (χ0v) is 11.6. The summed E-state index contributed by atoms with van der Waals surface area (Å²) in [4.78, 5) is 0. The molecule has 1 saturated heterocycles. The molecule has 84 valence electrons. The highest BCUT2D eigenvalue weighted by Crippen LogP contribution is 2.63. The van der Waals surface area contributed by atoms with Crippen molar-refractivity contribution in [3.05, 3.63) is 0 Å². The van der Waals surface area contributed by atoms with Crippen LogP contribution >= 0.6 is 0 Å². The zero-order chi connectivity index (χ0) is 11.2. The third-order valence-electron chi connectivity index (χ3n) is 3.93. The van der Waals surface area contributed by atoms with Crippen LogP contribution in [0.5, 0.6) is 0 Å². The molecular weight excluding hydrogens is 192 g/mol. The maximum Gasteiger partial charge on any atom is 0.417 e. The summed E-state index contributed by atoms with van der Waals surface area (Å²) in [6, 6.07) is 0. The van der Waals surface area contributed by atoms with Gasteiger partial charge in [-0.25, -0.2) is 0 Å². The van der Waals surface area contributed by atoms with Gasteiger partial charge in [0.1, 0.15) is 0 Å². The quantitative estimate of drug-likeness (QED) is 0.404. The fourth-order valence-corrected chi connectivity index (χ4v) is 6.36. The van der Waals surface area contributed by atoms with E-state index in [0.717, 1.165) is 0 Å². The van der Waals surface area contributed by atoms with Crippen molar-refractivity contribution in [1.82, 2.24) is 0 Å². The van der Waals surface area contributed by atoms with Gasteiger partial charge >= 0.3 is 8.56 Å². The van der Waals surface area contributed by atoms with Crippen LogP contribution in [-0.2, 0) is 9.15 Å². The average Bonchev–Trinajstić information content (AvgIpc) is 2.80. The first kappa shape index (κ1) is 12.2. The summed E-state index contributed by atoms with van der Waals surface area (Å²) in [6.07, 6.45) is 1.19. The van der Waals surface area contributed by atoms with Crippen LogP contribution in [0.15, 0.2) is 0 Å². The molecule has 0 amide bonds. The Morgan fingerprint density at radius 2 is 1.50 bits per heavy atom. The first-order valence-corrected chi connectivity index (χ1v) is 7.37. The van der Waals surface area contributed by atoms with Gasteiger partial charge in [-0.2, -0.15) is 0 Å². The number of rotatable bonds is 3. The van der Waals surface area contributed by atoms with Gasteiger partial charge in [-0.3, -0.25) is 9.15 Å². The maximum absolute atomic E-state index is 5.49. The molecule has 14 heavy (non-hydrogen) atoms. The SMILES string of the molecule is CCC(C)C(C)(C)[Si]1(C(C)(C)C)OO1. The molecule has 1 aliphatic heterocycles. The monoisotopic (exact) mass is 216 g/mol. The molecule has 1 unspecified atom stereocenters. The molecule has 3 heteroatoms. The number of hydrogen-bond acceptors (Lipinski definition) is 2. The third-order valence-corrected chi connectivity index (χ3v) is 8.59. The second-order valence-electron chi connectivity index (χ2n) is 6.06. The van der Waals surface area contributed by atoms with Gasteiger partial charge in [0.2, 0.25) is 0 Å². The second-order valence-corrected chi connectivity index (χ2v) is 10.4. The summed E-state index contributed by atoms with van der Waals surface area (Å²) in [5.41, 5.74) is 0. The van der Waals surface area contributed by atoms with Gasteiger partial charge < -0.3 is 0 Å². The van der Waals surface area contributed by atoms with Gasteiger partial charge in [0, 0.05) is 10.1 Å². The molecule has 1 aliphatic rings. The van der Waals surface area contributed by atoms with Crippen molar-refractivity contribution in [3.8, 4) is 0 Å². The lowest BCUT2D eigenvalue weighted by atomic mass is 9.94. The van der Waals surface area contributed by atoms with Gasteiger partial charge in [-0.15, -0.1) is 0 Å². The Labute approximate surface area is 89.2 Å². The van der Waals surface area contributed by atoms with Crippen molar-refractivity contribution >= 4 is 8.56 Å². The minimum atomic E-state index is -1.97. The van der Waals surface area contributed by atoms with E-state index in [1.54, 1.807) is 0 Å². The molecule has 0 N–H and O–H groups in total. The predicted octanol–water partition coefficient (Wildman–Crippen LogP) is 4.02. The molecule has 0 bridgehead atoms. The van der Waals surface area contributed by atoms with Crippen molar-refractivity contribution in [1.29, 1.82) is 0 Å². The lowest BCUT2D eigenvalue weighted by Crippen LogP contribution is -2.44. The van der Waals surface area contributed by atoms with E-state index >= 15 is 0 Å². The Kier molecular flexibility index (Phi) is 2.90. The van der Waals surface area contributed by atoms with Crippen molar-refractivity contribution in [3.63, 3.8) is 0 Å². The lowest BCUT2D eigenvalue weighted by Gasteiger charge is -2.38. The standard InChI is InChI=1S/C11H24O2Si/c1-8-9(2)11(6,7)14(12-13-14)10(3,4)5/h9H,8H2,1-7H3. The first-order chi connectivity index (χ1) is 6.19. The summed E-state index contributed by atoms with van der Waals surface area (Å²) < 4.78 is 11.0. The summed E-state index contributed by atoms with van der Waals surface area (Å²) in [7, 11) is -1.97. The van der Waals surface area contributed by atoms with Crippen molar-refractivity contribution in [2.45, 2.75) is 65.0 Å². The van der Waals surface area contributed by atoms with Crippen LogP contribution in [0.2, 0.25) is 10.1 Å². The van der Waals surface area contributed by atoms with Gasteiger partial charge in [0.15, 0.2) is 0 Å². The van der Waals surface area contributed by atoms with Crippen LogP contribution in [0.4, 0.5) is 0 Å². The highest BCUT2D eigenvalue weighted by atomic mass is 28.4.